The fraction of sp³-hybridized carbons (Fsp3) is 0.667. The number of carbonyl (C=O) groups is 2. The summed E-state index contributed by atoms with van der Waals surface area (Å²) in [6, 6.07) is 1.14. The van der Waals surface area contributed by atoms with Crippen LogP contribution in [0.5, 0.6) is 0 Å². The summed E-state index contributed by atoms with van der Waals surface area (Å²) in [6.07, 6.45) is 6.09. The normalized spacial score (nSPS) is 17.3. The van der Waals surface area contributed by atoms with Crippen molar-refractivity contribution in [2.75, 3.05) is 0 Å². The lowest BCUT2D eigenvalue weighted by atomic mass is 10.0. The van der Waals surface area contributed by atoms with Gasteiger partial charge < -0.3 is 15.7 Å². The maximum atomic E-state index is 12.0. The van der Waals surface area contributed by atoms with E-state index in [1.165, 1.54) is 6.20 Å². The van der Waals surface area contributed by atoms with Gasteiger partial charge in [0.2, 0.25) is 0 Å². The van der Waals surface area contributed by atoms with E-state index < -0.39 is 17.9 Å². The summed E-state index contributed by atoms with van der Waals surface area (Å²) in [6.45, 7) is 3.76. The maximum Gasteiger partial charge on any atom is 0.326 e. The molecule has 3 N–H and O–H groups in total. The van der Waals surface area contributed by atoms with Crippen LogP contribution >= 0.6 is 0 Å². The van der Waals surface area contributed by atoms with E-state index in [4.69, 9.17) is 10.4 Å². The van der Waals surface area contributed by atoms with Gasteiger partial charge in [0.05, 0.1) is 0 Å². The van der Waals surface area contributed by atoms with Crippen molar-refractivity contribution in [2.45, 2.75) is 58.0 Å². The van der Waals surface area contributed by atoms with Crippen molar-refractivity contribution in [3.8, 4) is 6.07 Å². The van der Waals surface area contributed by atoms with Gasteiger partial charge in [0.15, 0.2) is 0 Å². The molecule has 6 heteroatoms. The molecule has 1 aliphatic carbocycles. The molecule has 0 aromatic rings. The number of nitriles is 1. The highest BCUT2D eigenvalue weighted by Gasteiger charge is 2.23. The van der Waals surface area contributed by atoms with Crippen LogP contribution in [-0.2, 0) is 9.59 Å². The first-order chi connectivity index (χ1) is 9.93. The van der Waals surface area contributed by atoms with Gasteiger partial charge in [-0.05, 0) is 25.2 Å². The van der Waals surface area contributed by atoms with E-state index in [1.54, 1.807) is 0 Å². The molecule has 0 saturated heterocycles. The van der Waals surface area contributed by atoms with Crippen LogP contribution in [0.3, 0.4) is 0 Å². The molecule has 0 heterocycles. The zero-order chi connectivity index (χ0) is 15.8. The molecule has 116 valence electrons. The molecule has 1 amide bonds. The number of amides is 1. The topological polar surface area (TPSA) is 102 Å². The van der Waals surface area contributed by atoms with Gasteiger partial charge in [-0.25, -0.2) is 4.79 Å². The first kappa shape index (κ1) is 17.0. The summed E-state index contributed by atoms with van der Waals surface area (Å²) in [5.41, 5.74) is -0.0862. The van der Waals surface area contributed by atoms with Crippen molar-refractivity contribution in [3.63, 3.8) is 0 Å². The Morgan fingerprint density at radius 1 is 1.38 bits per heavy atom. The van der Waals surface area contributed by atoms with E-state index in [0.29, 0.717) is 12.5 Å². The summed E-state index contributed by atoms with van der Waals surface area (Å²) < 4.78 is 0. The molecule has 21 heavy (non-hydrogen) atoms. The predicted octanol–water partition coefficient (Wildman–Crippen LogP) is 1.54. The molecule has 1 saturated carbocycles. The molecule has 1 rings (SSSR count). The molecule has 1 unspecified atom stereocenters. The summed E-state index contributed by atoms with van der Waals surface area (Å²) in [5, 5.41) is 23.6. The Kier molecular flexibility index (Phi) is 6.73. The minimum atomic E-state index is -1.09. The van der Waals surface area contributed by atoms with E-state index in [9.17, 15) is 9.59 Å². The molecule has 0 aromatic heterocycles. The quantitative estimate of drug-likeness (QED) is 0.488. The Morgan fingerprint density at radius 3 is 2.48 bits per heavy atom. The second-order valence-electron chi connectivity index (χ2n) is 5.81. The number of carboxylic acid groups (broad SMARTS) is 1. The summed E-state index contributed by atoms with van der Waals surface area (Å²) >= 11 is 0. The number of nitrogens with one attached hydrogen (secondary N) is 2. The highest BCUT2D eigenvalue weighted by molar-refractivity contribution is 5.99. The Morgan fingerprint density at radius 2 is 2.00 bits per heavy atom. The summed E-state index contributed by atoms with van der Waals surface area (Å²) in [5.74, 6) is -1.59. The smallest absolute Gasteiger partial charge is 0.326 e. The van der Waals surface area contributed by atoms with Crippen LogP contribution in [0.2, 0.25) is 0 Å². The fourth-order valence-electron chi connectivity index (χ4n) is 2.37. The summed E-state index contributed by atoms with van der Waals surface area (Å²) in [7, 11) is 0. The van der Waals surface area contributed by atoms with Crippen LogP contribution < -0.4 is 10.6 Å². The largest absolute Gasteiger partial charge is 0.480 e. The van der Waals surface area contributed by atoms with Crippen LogP contribution in [0, 0.1) is 17.2 Å². The van der Waals surface area contributed by atoms with Gasteiger partial charge in [-0.15, -0.1) is 0 Å². The van der Waals surface area contributed by atoms with Gasteiger partial charge in [-0.1, -0.05) is 26.7 Å². The van der Waals surface area contributed by atoms with Crippen molar-refractivity contribution < 1.29 is 14.7 Å². The Bertz CT molecular complexity index is 446. The van der Waals surface area contributed by atoms with Gasteiger partial charge in [0, 0.05) is 12.2 Å². The van der Waals surface area contributed by atoms with Crippen LogP contribution in [0.1, 0.15) is 46.0 Å². The second-order valence-corrected chi connectivity index (χ2v) is 5.81. The van der Waals surface area contributed by atoms with Gasteiger partial charge in [0.1, 0.15) is 17.7 Å². The van der Waals surface area contributed by atoms with E-state index >= 15 is 0 Å². The van der Waals surface area contributed by atoms with E-state index in [1.807, 2.05) is 19.9 Å². The lowest BCUT2D eigenvalue weighted by Gasteiger charge is -2.16. The third-order valence-corrected chi connectivity index (χ3v) is 3.49. The molecule has 6 nitrogen and oxygen atoms in total. The molecular weight excluding hydrogens is 270 g/mol. The van der Waals surface area contributed by atoms with Gasteiger partial charge in [-0.2, -0.15) is 5.26 Å². The Labute approximate surface area is 125 Å². The number of nitrogens with zero attached hydrogens (tertiary/aromatic N) is 1. The molecule has 1 aliphatic rings. The van der Waals surface area contributed by atoms with Crippen LogP contribution in [0.25, 0.3) is 0 Å². The molecule has 1 atom stereocenters. The maximum absolute atomic E-state index is 12.0. The second kappa shape index (κ2) is 8.30. The zero-order valence-corrected chi connectivity index (χ0v) is 12.6. The summed E-state index contributed by atoms with van der Waals surface area (Å²) in [4.78, 5) is 23.1. The highest BCUT2D eigenvalue weighted by Crippen LogP contribution is 2.17. The number of hydrogen-bond donors (Lipinski definition) is 3. The highest BCUT2D eigenvalue weighted by atomic mass is 16.4. The lowest BCUT2D eigenvalue weighted by Crippen LogP contribution is -2.42. The third-order valence-electron chi connectivity index (χ3n) is 3.49. The van der Waals surface area contributed by atoms with Crippen LogP contribution in [0.4, 0.5) is 0 Å². The molecule has 0 bridgehead atoms. The van der Waals surface area contributed by atoms with Crippen molar-refractivity contribution in [2.24, 2.45) is 5.92 Å². The molecule has 1 fully saturated rings. The molecular formula is C15H23N3O3. The van der Waals surface area contributed by atoms with Crippen LogP contribution in [-0.4, -0.2) is 29.1 Å². The fourth-order valence-corrected chi connectivity index (χ4v) is 2.37. The molecule has 0 spiro atoms. The number of carbonyl (C=O) groups excluding carboxylic acids is 1. The van der Waals surface area contributed by atoms with Crippen LogP contribution in [0.15, 0.2) is 11.8 Å². The average molecular weight is 293 g/mol. The van der Waals surface area contributed by atoms with Crippen molar-refractivity contribution >= 4 is 11.9 Å². The Hall–Kier alpha value is -2.03. The molecule has 0 radical (unpaired) electrons. The molecule has 0 aliphatic heterocycles. The van der Waals surface area contributed by atoms with Crippen molar-refractivity contribution in [1.82, 2.24) is 10.6 Å². The molecule has 0 aromatic carbocycles. The minimum absolute atomic E-state index is 0.0862. The Balaban J connectivity index is 2.62. The van der Waals surface area contributed by atoms with Crippen molar-refractivity contribution in [3.05, 3.63) is 11.8 Å². The number of hydrogen-bond acceptors (Lipinski definition) is 4. The number of aliphatic carboxylic acids is 1. The predicted molar refractivity (Wildman–Crippen MR) is 78.1 cm³/mol. The zero-order valence-electron chi connectivity index (χ0n) is 12.6. The minimum Gasteiger partial charge on any atom is -0.480 e. The monoisotopic (exact) mass is 293 g/mol. The van der Waals surface area contributed by atoms with E-state index in [0.717, 1.165) is 25.7 Å². The standard InChI is InChI=1S/C15H23N3O3/c1-10(2)7-13(15(20)21)18-14(19)11(8-16)9-17-12-5-3-4-6-12/h9-10,12-13,17H,3-7H2,1-2H3,(H,18,19)(H,20,21)/b11-9-. The lowest BCUT2D eigenvalue weighted by molar-refractivity contribution is -0.141. The van der Waals surface area contributed by atoms with E-state index in [-0.39, 0.29) is 11.5 Å². The van der Waals surface area contributed by atoms with Gasteiger partial charge in [0.25, 0.3) is 5.91 Å². The van der Waals surface area contributed by atoms with Crippen molar-refractivity contribution in [1.29, 1.82) is 5.26 Å². The SMILES string of the molecule is CC(C)CC(NC(=O)/C(C#N)=C\NC1CCCC1)C(=O)O. The van der Waals surface area contributed by atoms with E-state index in [2.05, 4.69) is 10.6 Å². The first-order valence-corrected chi connectivity index (χ1v) is 7.34. The van der Waals surface area contributed by atoms with Gasteiger partial charge >= 0.3 is 5.97 Å². The number of carboxylic acids is 1. The first-order valence-electron chi connectivity index (χ1n) is 7.34. The third kappa shape index (κ3) is 5.86. The average Bonchev–Trinajstić information content (AvgIpc) is 2.91. The number of rotatable bonds is 7. The van der Waals surface area contributed by atoms with Gasteiger partial charge in [-0.3, -0.25) is 4.79 Å².